The molecule has 1 aromatic carbocycles. The smallest absolute Gasteiger partial charge is 0.0234 e. The first-order valence-electron chi connectivity index (χ1n) is 10.7. The van der Waals surface area contributed by atoms with Crippen molar-refractivity contribution < 1.29 is 0 Å². The molecule has 1 aliphatic heterocycles. The van der Waals surface area contributed by atoms with Crippen molar-refractivity contribution in [2.75, 3.05) is 38.5 Å². The van der Waals surface area contributed by atoms with Gasteiger partial charge in [0.2, 0.25) is 0 Å². The summed E-state index contributed by atoms with van der Waals surface area (Å²) in [5, 5.41) is 0. The number of thioether (sulfide) groups is 1. The first-order chi connectivity index (χ1) is 12.9. The van der Waals surface area contributed by atoms with Crippen molar-refractivity contribution in [2.45, 2.75) is 66.2 Å². The molecule has 0 spiro atoms. The minimum absolute atomic E-state index is 0.398. The average Bonchev–Trinajstić information content (AvgIpc) is 2.66. The number of hydrogen-bond acceptors (Lipinski definition) is 3. The Morgan fingerprint density at radius 3 is 1.96 bits per heavy atom. The molecule has 2 nitrogen and oxygen atoms in total. The van der Waals surface area contributed by atoms with Crippen LogP contribution >= 0.6 is 11.8 Å². The summed E-state index contributed by atoms with van der Waals surface area (Å²) in [5.74, 6) is 1.25. The standard InChI is InChI=1S/C17H28N2S.C5H10.C2H6/c1-17(2,3)20-14-13-18-9-11-19(12-10-18)15-16-7-5-4-6-8-16;1-3-5-4-2;1-2/h4-8H,9-15H2,1-3H3;3,5H,4H2,1-2H3;1-2H3/b;5-3+;. The SMILES string of the molecule is C/C=C/CC.CC.CC(C)(C)SCCN1CCN(Cc2ccccc2)CC1. The molecule has 1 heterocycles. The molecule has 0 atom stereocenters. The van der Waals surface area contributed by atoms with Gasteiger partial charge in [-0.05, 0) is 18.9 Å². The third kappa shape index (κ3) is 14.9. The molecule has 3 heteroatoms. The van der Waals surface area contributed by atoms with E-state index >= 15 is 0 Å². The molecule has 1 fully saturated rings. The number of benzene rings is 1. The first-order valence-corrected chi connectivity index (χ1v) is 11.7. The lowest BCUT2D eigenvalue weighted by Crippen LogP contribution is -2.46. The van der Waals surface area contributed by atoms with Gasteiger partial charge in [-0.25, -0.2) is 0 Å². The second-order valence-corrected chi connectivity index (χ2v) is 9.46. The molecule has 0 bridgehead atoms. The van der Waals surface area contributed by atoms with Gasteiger partial charge in [-0.15, -0.1) is 0 Å². The number of hydrogen-bond donors (Lipinski definition) is 0. The highest BCUT2D eigenvalue weighted by Gasteiger charge is 2.17. The first kappa shape index (κ1) is 26.2. The van der Waals surface area contributed by atoms with Crippen LogP contribution in [0.25, 0.3) is 0 Å². The number of nitrogens with zero attached hydrogens (tertiary/aromatic N) is 2. The zero-order valence-electron chi connectivity index (χ0n) is 19.0. The summed E-state index contributed by atoms with van der Waals surface area (Å²) in [4.78, 5) is 5.18. The van der Waals surface area contributed by atoms with E-state index in [0.717, 1.165) is 13.0 Å². The molecule has 0 radical (unpaired) electrons. The molecule has 1 aliphatic rings. The van der Waals surface area contributed by atoms with Crippen molar-refractivity contribution in [2.24, 2.45) is 0 Å². The van der Waals surface area contributed by atoms with E-state index in [2.05, 4.69) is 91.7 Å². The van der Waals surface area contributed by atoms with Crippen molar-refractivity contribution in [3.63, 3.8) is 0 Å². The van der Waals surface area contributed by atoms with E-state index in [9.17, 15) is 0 Å². The fourth-order valence-corrected chi connectivity index (χ4v) is 3.69. The number of allylic oxidation sites excluding steroid dienone is 2. The van der Waals surface area contributed by atoms with Gasteiger partial charge >= 0.3 is 0 Å². The minimum atomic E-state index is 0.398. The molecule has 0 saturated carbocycles. The van der Waals surface area contributed by atoms with E-state index in [1.54, 1.807) is 0 Å². The van der Waals surface area contributed by atoms with Crippen molar-refractivity contribution in [1.29, 1.82) is 0 Å². The molecule has 1 aromatic rings. The Bertz CT molecular complexity index is 457. The third-order valence-electron chi connectivity index (χ3n) is 4.13. The summed E-state index contributed by atoms with van der Waals surface area (Å²) in [7, 11) is 0. The summed E-state index contributed by atoms with van der Waals surface area (Å²) < 4.78 is 0.398. The Morgan fingerprint density at radius 1 is 0.963 bits per heavy atom. The fraction of sp³-hybridized carbons (Fsp3) is 0.667. The highest BCUT2D eigenvalue weighted by molar-refractivity contribution is 8.00. The fourth-order valence-electron chi connectivity index (χ4n) is 2.73. The van der Waals surface area contributed by atoms with Crippen LogP contribution in [0.3, 0.4) is 0 Å². The lowest BCUT2D eigenvalue weighted by atomic mass is 10.2. The molecule has 0 aromatic heterocycles. The maximum atomic E-state index is 2.61. The zero-order valence-corrected chi connectivity index (χ0v) is 19.8. The van der Waals surface area contributed by atoms with E-state index in [-0.39, 0.29) is 0 Å². The minimum Gasteiger partial charge on any atom is -0.300 e. The lowest BCUT2D eigenvalue weighted by Gasteiger charge is -2.35. The van der Waals surface area contributed by atoms with Gasteiger partial charge < -0.3 is 0 Å². The Hall–Kier alpha value is -0.770. The van der Waals surface area contributed by atoms with Gasteiger partial charge in [0.25, 0.3) is 0 Å². The molecule has 0 aliphatic carbocycles. The number of rotatable bonds is 6. The van der Waals surface area contributed by atoms with E-state index in [1.807, 2.05) is 20.8 Å². The van der Waals surface area contributed by atoms with Crippen LogP contribution in [0.4, 0.5) is 0 Å². The van der Waals surface area contributed by atoms with Crippen LogP contribution in [-0.2, 0) is 6.54 Å². The van der Waals surface area contributed by atoms with E-state index in [1.165, 1.54) is 44.0 Å². The molecule has 156 valence electrons. The normalized spacial score (nSPS) is 15.7. The molecular formula is C24H44N2S. The summed E-state index contributed by atoms with van der Waals surface area (Å²) in [6.45, 7) is 22.2. The predicted molar refractivity (Wildman–Crippen MR) is 127 cm³/mol. The second kappa shape index (κ2) is 16.2. The molecule has 0 unspecified atom stereocenters. The van der Waals surface area contributed by atoms with Crippen LogP contribution in [-0.4, -0.2) is 53.0 Å². The highest BCUT2D eigenvalue weighted by atomic mass is 32.2. The van der Waals surface area contributed by atoms with Crippen LogP contribution in [0.5, 0.6) is 0 Å². The Morgan fingerprint density at radius 2 is 1.52 bits per heavy atom. The van der Waals surface area contributed by atoms with Gasteiger partial charge in [0.05, 0.1) is 0 Å². The summed E-state index contributed by atoms with van der Waals surface area (Å²) >= 11 is 2.08. The monoisotopic (exact) mass is 392 g/mol. The van der Waals surface area contributed by atoms with Gasteiger partial charge in [0, 0.05) is 49.8 Å². The summed E-state index contributed by atoms with van der Waals surface area (Å²) in [5.41, 5.74) is 1.43. The second-order valence-electron chi connectivity index (χ2n) is 7.54. The van der Waals surface area contributed by atoms with E-state index < -0.39 is 0 Å². The van der Waals surface area contributed by atoms with Crippen molar-refractivity contribution in [3.8, 4) is 0 Å². The maximum Gasteiger partial charge on any atom is 0.0234 e. The topological polar surface area (TPSA) is 6.48 Å². The predicted octanol–water partition coefficient (Wildman–Crippen LogP) is 6.33. The maximum absolute atomic E-state index is 2.61. The van der Waals surface area contributed by atoms with Gasteiger partial charge in [-0.2, -0.15) is 11.8 Å². The molecule has 1 saturated heterocycles. The Labute approximate surface area is 174 Å². The van der Waals surface area contributed by atoms with Gasteiger partial charge in [-0.3, -0.25) is 9.80 Å². The van der Waals surface area contributed by atoms with Crippen molar-refractivity contribution in [1.82, 2.24) is 9.80 Å². The largest absolute Gasteiger partial charge is 0.300 e. The van der Waals surface area contributed by atoms with Crippen LogP contribution in [0, 0.1) is 0 Å². The van der Waals surface area contributed by atoms with Crippen LogP contribution in [0.15, 0.2) is 42.5 Å². The highest BCUT2D eigenvalue weighted by Crippen LogP contribution is 2.23. The van der Waals surface area contributed by atoms with E-state index in [0.29, 0.717) is 4.75 Å². The zero-order chi connectivity index (χ0) is 20.5. The van der Waals surface area contributed by atoms with E-state index in [4.69, 9.17) is 0 Å². The van der Waals surface area contributed by atoms with Crippen LogP contribution in [0.2, 0.25) is 0 Å². The lowest BCUT2D eigenvalue weighted by molar-refractivity contribution is 0.133. The number of piperazine rings is 1. The molecule has 0 N–H and O–H groups in total. The van der Waals surface area contributed by atoms with Crippen molar-refractivity contribution >= 4 is 11.8 Å². The molecule has 2 rings (SSSR count). The molecule has 0 amide bonds. The summed E-state index contributed by atoms with van der Waals surface area (Å²) in [6, 6.07) is 10.8. The Balaban J connectivity index is 0.000000838. The third-order valence-corrected chi connectivity index (χ3v) is 5.38. The quantitative estimate of drug-likeness (QED) is 0.522. The van der Waals surface area contributed by atoms with Gasteiger partial charge in [-0.1, -0.05) is 84.0 Å². The molecular weight excluding hydrogens is 348 g/mol. The van der Waals surface area contributed by atoms with Crippen molar-refractivity contribution in [3.05, 3.63) is 48.0 Å². The van der Waals surface area contributed by atoms with Gasteiger partial charge in [0.1, 0.15) is 0 Å². The van der Waals surface area contributed by atoms with Crippen LogP contribution in [0.1, 0.15) is 60.5 Å². The molecule has 27 heavy (non-hydrogen) atoms. The van der Waals surface area contributed by atoms with Gasteiger partial charge in [0.15, 0.2) is 0 Å². The average molecular weight is 393 g/mol. The van der Waals surface area contributed by atoms with Crippen LogP contribution < -0.4 is 0 Å². The Kier molecular flexibility index (Phi) is 15.7. The summed E-state index contributed by atoms with van der Waals surface area (Å²) in [6.07, 6.45) is 5.34.